The molecule has 0 amide bonds. The second-order valence-corrected chi connectivity index (χ2v) is 5.39. The average molecular weight is 251 g/mol. The molecule has 18 heavy (non-hydrogen) atoms. The Morgan fingerprint density at radius 3 is 3.00 bits per heavy atom. The van der Waals surface area contributed by atoms with E-state index in [1.807, 2.05) is 6.07 Å². The minimum atomic E-state index is -0.289. The molecule has 0 bridgehead atoms. The first-order valence-corrected chi connectivity index (χ1v) is 6.78. The van der Waals surface area contributed by atoms with Crippen molar-refractivity contribution in [3.8, 4) is 0 Å². The molecule has 0 fully saturated rings. The van der Waals surface area contributed by atoms with Gasteiger partial charge in [0.1, 0.15) is 5.82 Å². The molecule has 1 aliphatic carbocycles. The molecule has 2 rings (SSSR count). The topological polar surface area (TPSA) is 32.3 Å². The summed E-state index contributed by atoms with van der Waals surface area (Å²) in [7, 11) is 0. The zero-order chi connectivity index (χ0) is 13.1. The van der Waals surface area contributed by atoms with Crippen LogP contribution in [0, 0.1) is 11.7 Å². The van der Waals surface area contributed by atoms with Crippen LogP contribution in [0.3, 0.4) is 0 Å². The molecule has 0 heterocycles. The molecular formula is C15H22FNO. The Hall–Kier alpha value is -0.930. The van der Waals surface area contributed by atoms with Crippen molar-refractivity contribution >= 4 is 0 Å². The first kappa shape index (κ1) is 13.5. The molecule has 2 nitrogen and oxygen atoms in total. The second kappa shape index (κ2) is 5.81. The molecule has 0 aromatic heterocycles. The molecular weight excluding hydrogens is 229 g/mol. The van der Waals surface area contributed by atoms with Gasteiger partial charge in [0.2, 0.25) is 0 Å². The van der Waals surface area contributed by atoms with Crippen molar-refractivity contribution in [2.75, 3.05) is 6.54 Å². The highest BCUT2D eigenvalue weighted by atomic mass is 19.1. The lowest BCUT2D eigenvalue weighted by Gasteiger charge is -2.32. The summed E-state index contributed by atoms with van der Waals surface area (Å²) >= 11 is 0. The van der Waals surface area contributed by atoms with E-state index in [1.54, 1.807) is 19.1 Å². The lowest BCUT2D eigenvalue weighted by Crippen LogP contribution is -2.33. The van der Waals surface area contributed by atoms with Crippen LogP contribution in [-0.4, -0.2) is 17.8 Å². The number of fused-ring (bicyclic) bond motifs is 1. The zero-order valence-corrected chi connectivity index (χ0v) is 11.1. The van der Waals surface area contributed by atoms with E-state index in [0.29, 0.717) is 5.92 Å². The maximum Gasteiger partial charge on any atom is 0.126 e. The summed E-state index contributed by atoms with van der Waals surface area (Å²) in [4.78, 5) is 0. The van der Waals surface area contributed by atoms with Crippen LogP contribution >= 0.6 is 0 Å². The van der Waals surface area contributed by atoms with Gasteiger partial charge in [-0.1, -0.05) is 19.1 Å². The summed E-state index contributed by atoms with van der Waals surface area (Å²) < 4.78 is 13.8. The van der Waals surface area contributed by atoms with Gasteiger partial charge in [-0.25, -0.2) is 4.39 Å². The van der Waals surface area contributed by atoms with E-state index in [9.17, 15) is 9.50 Å². The summed E-state index contributed by atoms with van der Waals surface area (Å²) in [5.74, 6) is 0.426. The van der Waals surface area contributed by atoms with Crippen molar-refractivity contribution in [3.63, 3.8) is 0 Å². The van der Waals surface area contributed by atoms with Crippen LogP contribution in [0.25, 0.3) is 0 Å². The average Bonchev–Trinajstić information content (AvgIpc) is 2.32. The van der Waals surface area contributed by atoms with E-state index in [0.717, 1.165) is 36.9 Å². The van der Waals surface area contributed by atoms with E-state index in [4.69, 9.17) is 0 Å². The Morgan fingerprint density at radius 1 is 1.50 bits per heavy atom. The largest absolute Gasteiger partial charge is 0.393 e. The normalized spacial score (nSPS) is 24.7. The lowest BCUT2D eigenvalue weighted by atomic mass is 9.80. The van der Waals surface area contributed by atoms with E-state index >= 15 is 0 Å². The van der Waals surface area contributed by atoms with Crippen molar-refractivity contribution < 1.29 is 9.50 Å². The molecule has 1 aromatic carbocycles. The third-order valence-corrected chi connectivity index (χ3v) is 3.84. The van der Waals surface area contributed by atoms with Gasteiger partial charge in [0, 0.05) is 6.04 Å². The molecule has 0 saturated carbocycles. The predicted octanol–water partition coefficient (Wildman–Crippen LogP) is 2.81. The van der Waals surface area contributed by atoms with Crippen molar-refractivity contribution in [1.29, 1.82) is 0 Å². The van der Waals surface area contributed by atoms with Gasteiger partial charge in [-0.05, 0) is 55.8 Å². The summed E-state index contributed by atoms with van der Waals surface area (Å²) in [5, 5.41) is 12.7. The number of halogens is 1. The highest BCUT2D eigenvalue weighted by Gasteiger charge is 2.27. The van der Waals surface area contributed by atoms with E-state index in [1.165, 1.54) is 0 Å². The molecule has 1 aliphatic rings. The van der Waals surface area contributed by atoms with Crippen molar-refractivity contribution in [3.05, 3.63) is 35.1 Å². The highest BCUT2D eigenvalue weighted by Crippen LogP contribution is 2.35. The van der Waals surface area contributed by atoms with Gasteiger partial charge in [-0.3, -0.25) is 0 Å². The van der Waals surface area contributed by atoms with Crippen molar-refractivity contribution in [2.24, 2.45) is 5.92 Å². The molecule has 0 radical (unpaired) electrons. The van der Waals surface area contributed by atoms with Crippen LogP contribution in [0.4, 0.5) is 4.39 Å². The van der Waals surface area contributed by atoms with E-state index < -0.39 is 0 Å². The third kappa shape index (κ3) is 2.90. The number of aliphatic hydroxyl groups is 1. The predicted molar refractivity (Wildman–Crippen MR) is 70.9 cm³/mol. The minimum absolute atomic E-state index is 0.0817. The molecule has 3 heteroatoms. The Bertz CT molecular complexity index is 405. The number of hydrogen-bond donors (Lipinski definition) is 2. The molecule has 2 N–H and O–H groups in total. The Morgan fingerprint density at radius 2 is 2.28 bits per heavy atom. The van der Waals surface area contributed by atoms with Crippen LogP contribution in [0.1, 0.15) is 43.9 Å². The number of benzene rings is 1. The quantitative estimate of drug-likeness (QED) is 0.862. The van der Waals surface area contributed by atoms with Crippen LogP contribution in [-0.2, 0) is 6.42 Å². The maximum absolute atomic E-state index is 13.8. The standard InChI is InChI=1S/C15H22FNO/c1-10-6-7-12-13(4-3-5-14(12)16)15(10)17-9-8-11(2)18/h3-5,10-11,15,17-18H,6-9H2,1-2H3. The van der Waals surface area contributed by atoms with Gasteiger partial charge in [0.25, 0.3) is 0 Å². The van der Waals surface area contributed by atoms with Crippen LogP contribution in [0.5, 0.6) is 0 Å². The third-order valence-electron chi connectivity index (χ3n) is 3.84. The molecule has 3 atom stereocenters. The smallest absolute Gasteiger partial charge is 0.126 e. The number of rotatable bonds is 4. The Kier molecular flexibility index (Phi) is 4.36. The monoisotopic (exact) mass is 251 g/mol. The molecule has 0 spiro atoms. The van der Waals surface area contributed by atoms with Crippen LogP contribution in [0.15, 0.2) is 18.2 Å². The zero-order valence-electron chi connectivity index (χ0n) is 11.1. The lowest BCUT2D eigenvalue weighted by molar-refractivity contribution is 0.179. The second-order valence-electron chi connectivity index (χ2n) is 5.39. The fraction of sp³-hybridized carbons (Fsp3) is 0.600. The number of nitrogens with one attached hydrogen (secondary N) is 1. The van der Waals surface area contributed by atoms with Crippen molar-refractivity contribution in [1.82, 2.24) is 5.32 Å². The highest BCUT2D eigenvalue weighted by molar-refractivity contribution is 5.34. The fourth-order valence-electron chi connectivity index (χ4n) is 2.73. The van der Waals surface area contributed by atoms with Gasteiger partial charge in [0.05, 0.1) is 6.10 Å². The Labute approximate surface area is 108 Å². The SMILES string of the molecule is CC(O)CCNC1c2cccc(F)c2CCC1C. The molecule has 0 aliphatic heterocycles. The van der Waals surface area contributed by atoms with Gasteiger partial charge >= 0.3 is 0 Å². The molecule has 0 saturated heterocycles. The van der Waals surface area contributed by atoms with Gasteiger partial charge in [-0.15, -0.1) is 0 Å². The molecule has 100 valence electrons. The van der Waals surface area contributed by atoms with Gasteiger partial charge in [-0.2, -0.15) is 0 Å². The number of hydrogen-bond acceptors (Lipinski definition) is 2. The fourth-order valence-corrected chi connectivity index (χ4v) is 2.73. The van der Waals surface area contributed by atoms with Crippen LogP contribution < -0.4 is 5.32 Å². The summed E-state index contributed by atoms with van der Waals surface area (Å²) in [6.07, 6.45) is 2.29. The summed E-state index contributed by atoms with van der Waals surface area (Å²) in [5.41, 5.74) is 1.96. The van der Waals surface area contributed by atoms with Gasteiger partial charge in [0.15, 0.2) is 0 Å². The molecule has 3 unspecified atom stereocenters. The number of aliphatic hydroxyl groups excluding tert-OH is 1. The van der Waals surface area contributed by atoms with E-state index in [-0.39, 0.29) is 18.0 Å². The van der Waals surface area contributed by atoms with Gasteiger partial charge < -0.3 is 10.4 Å². The summed E-state index contributed by atoms with van der Waals surface area (Å²) in [6.45, 7) is 4.76. The minimum Gasteiger partial charge on any atom is -0.393 e. The first-order valence-electron chi connectivity index (χ1n) is 6.78. The van der Waals surface area contributed by atoms with Crippen LogP contribution in [0.2, 0.25) is 0 Å². The summed E-state index contributed by atoms with van der Waals surface area (Å²) in [6, 6.07) is 5.56. The Balaban J connectivity index is 2.12. The molecule has 1 aromatic rings. The van der Waals surface area contributed by atoms with Crippen molar-refractivity contribution in [2.45, 2.75) is 45.3 Å². The first-order chi connectivity index (χ1) is 8.59. The maximum atomic E-state index is 13.8. The van der Waals surface area contributed by atoms with E-state index in [2.05, 4.69) is 12.2 Å².